The van der Waals surface area contributed by atoms with E-state index in [1.165, 1.54) is 12.1 Å². The van der Waals surface area contributed by atoms with Gasteiger partial charge in [0.15, 0.2) is 0 Å². The molecule has 2 aromatic rings. The zero-order chi connectivity index (χ0) is 16.7. The second-order valence-corrected chi connectivity index (χ2v) is 7.20. The van der Waals surface area contributed by atoms with Crippen LogP contribution < -0.4 is 0 Å². The highest BCUT2D eigenvalue weighted by molar-refractivity contribution is 6.31. The van der Waals surface area contributed by atoms with E-state index in [9.17, 15) is 9.18 Å². The van der Waals surface area contributed by atoms with E-state index in [0.717, 1.165) is 35.4 Å². The van der Waals surface area contributed by atoms with E-state index in [2.05, 4.69) is 0 Å². The van der Waals surface area contributed by atoms with E-state index in [0.29, 0.717) is 12.6 Å². The Morgan fingerprint density at radius 2 is 1.96 bits per heavy atom. The lowest BCUT2D eigenvalue weighted by molar-refractivity contribution is -0.133. The molecule has 2 atom stereocenters. The fourth-order valence-corrected chi connectivity index (χ4v) is 3.68. The molecular formula is C20H19ClFNO. The highest BCUT2D eigenvalue weighted by Gasteiger charge is 2.48. The first-order chi connectivity index (χ1) is 11.6. The fraction of sp³-hybridized carbons (Fsp3) is 0.350. The van der Waals surface area contributed by atoms with Gasteiger partial charge in [-0.3, -0.25) is 4.79 Å². The molecule has 0 aliphatic heterocycles. The van der Waals surface area contributed by atoms with Crippen LogP contribution in [-0.4, -0.2) is 16.8 Å². The number of benzene rings is 2. The van der Waals surface area contributed by atoms with Crippen LogP contribution in [0.25, 0.3) is 0 Å². The average molecular weight is 344 g/mol. The highest BCUT2D eigenvalue weighted by atomic mass is 35.5. The van der Waals surface area contributed by atoms with Crippen molar-refractivity contribution in [3.05, 3.63) is 70.5 Å². The number of nitrogens with zero attached hydrogens (tertiary/aromatic N) is 1. The first-order valence-corrected chi connectivity index (χ1v) is 8.80. The molecule has 2 saturated carbocycles. The maximum atomic E-state index is 13.4. The molecule has 124 valence electrons. The first kappa shape index (κ1) is 15.6. The standard InChI is InChI=1S/C20H19ClFNO/c21-19-7-2-1-6-16(19)17-11-18(17)20(24)23(15-8-9-15)12-13-4-3-5-14(22)10-13/h1-7,10,15,17-18H,8-9,11-12H2. The van der Waals surface area contributed by atoms with Gasteiger partial charge in [0.25, 0.3) is 0 Å². The highest BCUT2D eigenvalue weighted by Crippen LogP contribution is 2.51. The predicted octanol–water partition coefficient (Wildman–Crippen LogP) is 4.77. The topological polar surface area (TPSA) is 20.3 Å². The zero-order valence-electron chi connectivity index (χ0n) is 13.3. The van der Waals surface area contributed by atoms with Crippen molar-refractivity contribution in [2.24, 2.45) is 5.92 Å². The Kier molecular flexibility index (Phi) is 4.05. The quantitative estimate of drug-likeness (QED) is 0.765. The minimum absolute atomic E-state index is 0.0130. The SMILES string of the molecule is O=C(C1CC1c1ccccc1Cl)N(Cc1cccc(F)c1)C1CC1. The van der Waals surface area contributed by atoms with Gasteiger partial charge in [-0.25, -0.2) is 4.39 Å². The molecule has 0 radical (unpaired) electrons. The Bertz CT molecular complexity index is 774. The smallest absolute Gasteiger partial charge is 0.226 e. The molecule has 0 N–H and O–H groups in total. The molecule has 0 heterocycles. The lowest BCUT2D eigenvalue weighted by Gasteiger charge is -2.23. The van der Waals surface area contributed by atoms with Crippen molar-refractivity contribution in [3.8, 4) is 0 Å². The minimum atomic E-state index is -0.254. The molecule has 0 aromatic heterocycles. The molecule has 2 unspecified atom stereocenters. The first-order valence-electron chi connectivity index (χ1n) is 8.43. The molecule has 2 fully saturated rings. The van der Waals surface area contributed by atoms with Gasteiger partial charge in [0, 0.05) is 23.5 Å². The average Bonchev–Trinajstić information content (AvgIpc) is 3.46. The molecule has 2 aliphatic carbocycles. The molecular weight excluding hydrogens is 325 g/mol. The summed E-state index contributed by atoms with van der Waals surface area (Å²) >= 11 is 6.26. The molecule has 24 heavy (non-hydrogen) atoms. The third-order valence-corrected chi connectivity index (χ3v) is 5.27. The monoisotopic (exact) mass is 343 g/mol. The van der Waals surface area contributed by atoms with Gasteiger partial charge in [0.05, 0.1) is 0 Å². The molecule has 4 heteroatoms. The van der Waals surface area contributed by atoms with Crippen molar-refractivity contribution in [2.45, 2.75) is 37.8 Å². The third kappa shape index (κ3) is 3.18. The maximum absolute atomic E-state index is 13.4. The van der Waals surface area contributed by atoms with Crippen LogP contribution in [-0.2, 0) is 11.3 Å². The Morgan fingerprint density at radius 3 is 2.67 bits per heavy atom. The fourth-order valence-electron chi connectivity index (χ4n) is 3.41. The van der Waals surface area contributed by atoms with Crippen LogP contribution in [0, 0.1) is 11.7 Å². The summed E-state index contributed by atoms with van der Waals surface area (Å²) in [7, 11) is 0. The lowest BCUT2D eigenvalue weighted by Crippen LogP contribution is -2.34. The van der Waals surface area contributed by atoms with E-state index in [-0.39, 0.29) is 23.6 Å². The predicted molar refractivity (Wildman–Crippen MR) is 92.3 cm³/mol. The number of hydrogen-bond donors (Lipinski definition) is 0. The third-order valence-electron chi connectivity index (χ3n) is 4.93. The van der Waals surface area contributed by atoms with Gasteiger partial charge in [-0.1, -0.05) is 41.9 Å². The number of carbonyl (C=O) groups excluding carboxylic acids is 1. The molecule has 4 rings (SSSR count). The van der Waals surface area contributed by atoms with E-state index in [4.69, 9.17) is 11.6 Å². The summed E-state index contributed by atoms with van der Waals surface area (Å²) in [5.74, 6) is 0.168. The maximum Gasteiger partial charge on any atom is 0.226 e. The number of rotatable bonds is 5. The summed E-state index contributed by atoms with van der Waals surface area (Å²) in [5.41, 5.74) is 1.92. The van der Waals surface area contributed by atoms with Gasteiger partial charge in [-0.15, -0.1) is 0 Å². The summed E-state index contributed by atoms with van der Waals surface area (Å²) in [6.45, 7) is 0.493. The van der Waals surface area contributed by atoms with Gasteiger partial charge in [-0.2, -0.15) is 0 Å². The van der Waals surface area contributed by atoms with E-state index >= 15 is 0 Å². The second kappa shape index (κ2) is 6.21. The van der Waals surface area contributed by atoms with Gasteiger partial charge in [-0.05, 0) is 54.5 Å². The molecule has 2 aromatic carbocycles. The van der Waals surface area contributed by atoms with Crippen molar-refractivity contribution in [3.63, 3.8) is 0 Å². The number of carbonyl (C=O) groups is 1. The van der Waals surface area contributed by atoms with E-state index < -0.39 is 0 Å². The van der Waals surface area contributed by atoms with Crippen LogP contribution in [0.15, 0.2) is 48.5 Å². The normalized spacial score (nSPS) is 22.2. The van der Waals surface area contributed by atoms with Crippen molar-refractivity contribution in [2.75, 3.05) is 0 Å². The summed E-state index contributed by atoms with van der Waals surface area (Å²) in [6, 6.07) is 14.6. The molecule has 0 saturated heterocycles. The van der Waals surface area contributed by atoms with E-state index in [1.807, 2.05) is 35.2 Å². The van der Waals surface area contributed by atoms with Gasteiger partial charge in [0.2, 0.25) is 5.91 Å². The Labute approximate surface area is 146 Å². The molecule has 2 aliphatic rings. The molecule has 2 nitrogen and oxygen atoms in total. The van der Waals surface area contributed by atoms with Crippen LogP contribution in [0.3, 0.4) is 0 Å². The largest absolute Gasteiger partial charge is 0.335 e. The molecule has 0 bridgehead atoms. The summed E-state index contributed by atoms with van der Waals surface area (Å²) in [5, 5.41) is 0.737. The zero-order valence-corrected chi connectivity index (χ0v) is 14.0. The number of hydrogen-bond acceptors (Lipinski definition) is 1. The van der Waals surface area contributed by atoms with Gasteiger partial charge >= 0.3 is 0 Å². The Balaban J connectivity index is 1.49. The van der Waals surface area contributed by atoms with Crippen LogP contribution >= 0.6 is 11.6 Å². The van der Waals surface area contributed by atoms with Gasteiger partial charge in [0.1, 0.15) is 5.82 Å². The van der Waals surface area contributed by atoms with Crippen LogP contribution in [0.2, 0.25) is 5.02 Å². The van der Waals surface area contributed by atoms with Gasteiger partial charge < -0.3 is 4.90 Å². The lowest BCUT2D eigenvalue weighted by atomic mass is 10.1. The summed E-state index contributed by atoms with van der Waals surface area (Å²) in [6.07, 6.45) is 2.95. The minimum Gasteiger partial charge on any atom is -0.335 e. The van der Waals surface area contributed by atoms with Crippen LogP contribution in [0.5, 0.6) is 0 Å². The molecule has 0 spiro atoms. The molecule has 1 amide bonds. The van der Waals surface area contributed by atoms with Crippen molar-refractivity contribution in [1.29, 1.82) is 0 Å². The van der Waals surface area contributed by atoms with Crippen LogP contribution in [0.1, 0.15) is 36.3 Å². The Morgan fingerprint density at radius 1 is 1.17 bits per heavy atom. The second-order valence-electron chi connectivity index (χ2n) is 6.80. The van der Waals surface area contributed by atoms with E-state index in [1.54, 1.807) is 6.07 Å². The number of amides is 1. The summed E-state index contributed by atoms with van der Waals surface area (Å²) < 4.78 is 13.4. The number of halogens is 2. The van der Waals surface area contributed by atoms with Crippen molar-refractivity contribution in [1.82, 2.24) is 4.90 Å². The van der Waals surface area contributed by atoms with Crippen LogP contribution in [0.4, 0.5) is 4.39 Å². The van der Waals surface area contributed by atoms with Crippen molar-refractivity contribution < 1.29 is 9.18 Å². The van der Waals surface area contributed by atoms with Crippen molar-refractivity contribution >= 4 is 17.5 Å². The Hall–Kier alpha value is -1.87. The summed E-state index contributed by atoms with van der Waals surface area (Å²) in [4.78, 5) is 14.9.